The predicted octanol–water partition coefficient (Wildman–Crippen LogP) is -0.556. The molecule has 0 bridgehead atoms. The molecule has 0 atom stereocenters. The lowest BCUT2D eigenvalue weighted by Crippen LogP contribution is -2.48. The Balaban J connectivity index is 4.85. The molecule has 0 saturated carbocycles. The Morgan fingerprint density at radius 1 is 1.47 bits per heavy atom. The van der Waals surface area contributed by atoms with E-state index in [2.05, 4.69) is 4.74 Å². The van der Waals surface area contributed by atoms with E-state index < -0.39 is 42.2 Å². The van der Waals surface area contributed by atoms with Crippen LogP contribution in [0.3, 0.4) is 0 Å². The summed E-state index contributed by atoms with van der Waals surface area (Å²) < 4.78 is 63.7. The van der Waals surface area contributed by atoms with Crippen molar-refractivity contribution in [2.24, 2.45) is 0 Å². The fourth-order valence-electron chi connectivity index (χ4n) is 0.807. The van der Waals surface area contributed by atoms with Crippen LogP contribution < -0.4 is 4.72 Å². The van der Waals surface area contributed by atoms with Gasteiger partial charge in [-0.25, -0.2) is 9.52 Å². The van der Waals surface area contributed by atoms with Crippen LogP contribution in [0.5, 0.6) is 0 Å². The van der Waals surface area contributed by atoms with E-state index in [4.69, 9.17) is 5.11 Å². The van der Waals surface area contributed by atoms with Crippen LogP contribution in [0.2, 0.25) is 0 Å². The average Bonchev–Trinajstić information content (AvgIpc) is 2.14. The maximum atomic E-state index is 12.0. The topological polar surface area (TPSA) is 95.9 Å². The lowest BCUT2D eigenvalue weighted by atomic mass is 10.6. The van der Waals surface area contributed by atoms with Crippen molar-refractivity contribution in [1.82, 2.24) is 9.03 Å². The van der Waals surface area contributed by atoms with Gasteiger partial charge in [0.25, 0.3) is 0 Å². The van der Waals surface area contributed by atoms with E-state index in [0.29, 0.717) is 0 Å². The summed E-state index contributed by atoms with van der Waals surface area (Å²) in [4.78, 5) is 10.6. The summed E-state index contributed by atoms with van der Waals surface area (Å²) in [6.45, 7) is -3.44. The number of carbonyl (C=O) groups is 1. The molecule has 0 saturated heterocycles. The number of hydrogen-bond donors (Lipinski definition) is 2. The minimum Gasteiger partial charge on any atom is -0.452 e. The van der Waals surface area contributed by atoms with Gasteiger partial charge in [0, 0.05) is 6.54 Å². The number of halogens is 3. The van der Waals surface area contributed by atoms with Gasteiger partial charge in [-0.15, -0.1) is 0 Å². The van der Waals surface area contributed by atoms with Gasteiger partial charge in [0.2, 0.25) is 0 Å². The van der Waals surface area contributed by atoms with E-state index >= 15 is 0 Å². The van der Waals surface area contributed by atoms with Crippen LogP contribution in [0.15, 0.2) is 0 Å². The highest BCUT2D eigenvalue weighted by Crippen LogP contribution is 2.17. The number of nitrogens with one attached hydrogen (secondary N) is 1. The van der Waals surface area contributed by atoms with Crippen molar-refractivity contribution in [2.45, 2.75) is 6.18 Å². The first-order valence-electron chi connectivity index (χ1n) is 4.16. The normalized spacial score (nSPS) is 12.6. The third kappa shape index (κ3) is 6.28. The molecule has 0 aromatic rings. The summed E-state index contributed by atoms with van der Waals surface area (Å²) in [7, 11) is -3.85. The molecule has 17 heavy (non-hydrogen) atoms. The van der Waals surface area contributed by atoms with Gasteiger partial charge in [-0.05, 0) is 0 Å². The zero-order valence-electron chi connectivity index (χ0n) is 8.69. The number of amides is 1. The summed E-state index contributed by atoms with van der Waals surface area (Å²) >= 11 is 0. The highest BCUT2D eigenvalue weighted by atomic mass is 32.2. The summed E-state index contributed by atoms with van der Waals surface area (Å²) in [5.41, 5.74) is 0. The number of ether oxygens (including phenoxy) is 1. The number of nitrogens with zero attached hydrogens (tertiary/aromatic N) is 1. The molecule has 7 nitrogen and oxygen atoms in total. The summed E-state index contributed by atoms with van der Waals surface area (Å²) in [6, 6.07) is 0. The summed E-state index contributed by atoms with van der Waals surface area (Å²) in [5.74, 6) is 0. The van der Waals surface area contributed by atoms with Crippen LogP contribution in [0.1, 0.15) is 0 Å². The number of aliphatic hydroxyl groups excluding tert-OH is 1. The molecule has 11 heteroatoms. The Morgan fingerprint density at radius 2 is 2.00 bits per heavy atom. The molecule has 0 heterocycles. The minimum absolute atomic E-state index is 0.121. The third-order valence-corrected chi connectivity index (χ3v) is 2.86. The van der Waals surface area contributed by atoms with Crippen molar-refractivity contribution in [2.75, 3.05) is 26.8 Å². The molecule has 102 valence electrons. The van der Waals surface area contributed by atoms with Crippen molar-refractivity contribution < 1.29 is 36.2 Å². The van der Waals surface area contributed by atoms with Crippen LogP contribution in [-0.4, -0.2) is 56.9 Å². The first kappa shape index (κ1) is 15.9. The van der Waals surface area contributed by atoms with E-state index in [-0.39, 0.29) is 4.31 Å². The molecule has 0 aliphatic heterocycles. The van der Waals surface area contributed by atoms with Gasteiger partial charge in [-0.2, -0.15) is 25.9 Å². The maximum absolute atomic E-state index is 12.0. The molecule has 0 aromatic carbocycles. The third-order valence-electron chi connectivity index (χ3n) is 1.44. The fourth-order valence-corrected chi connectivity index (χ4v) is 1.87. The van der Waals surface area contributed by atoms with Crippen LogP contribution in [-0.2, 0) is 14.9 Å². The Kier molecular flexibility index (Phi) is 5.64. The molecule has 0 aliphatic rings. The van der Waals surface area contributed by atoms with Crippen LogP contribution >= 0.6 is 0 Å². The van der Waals surface area contributed by atoms with Crippen molar-refractivity contribution in [1.29, 1.82) is 0 Å². The molecule has 2 N–H and O–H groups in total. The zero-order valence-corrected chi connectivity index (χ0v) is 9.51. The van der Waals surface area contributed by atoms with E-state index in [0.717, 1.165) is 7.11 Å². The molecule has 0 unspecified atom stereocenters. The Morgan fingerprint density at radius 3 is 2.35 bits per heavy atom. The van der Waals surface area contributed by atoms with Crippen LogP contribution in [0.4, 0.5) is 18.0 Å². The highest BCUT2D eigenvalue weighted by molar-refractivity contribution is 7.87. The van der Waals surface area contributed by atoms with Gasteiger partial charge in [0.05, 0.1) is 13.7 Å². The second-order valence-corrected chi connectivity index (χ2v) is 4.44. The van der Waals surface area contributed by atoms with Gasteiger partial charge in [-0.1, -0.05) is 0 Å². The van der Waals surface area contributed by atoms with Gasteiger partial charge >= 0.3 is 22.5 Å². The SMILES string of the molecule is COC(=O)NS(=O)(=O)N(CCO)CC(F)(F)F. The lowest BCUT2D eigenvalue weighted by Gasteiger charge is -2.21. The molecule has 0 rings (SSSR count). The van der Waals surface area contributed by atoms with Gasteiger partial charge < -0.3 is 9.84 Å². The Bertz CT molecular complexity index is 355. The molecule has 0 fully saturated rings. The van der Waals surface area contributed by atoms with Crippen molar-refractivity contribution in [3.05, 3.63) is 0 Å². The second kappa shape index (κ2) is 6.02. The summed E-state index contributed by atoms with van der Waals surface area (Å²) in [6.07, 6.45) is -6.21. The van der Waals surface area contributed by atoms with E-state index in [1.54, 1.807) is 0 Å². The lowest BCUT2D eigenvalue weighted by molar-refractivity contribution is -0.136. The smallest absolute Gasteiger partial charge is 0.421 e. The number of rotatable bonds is 5. The maximum Gasteiger partial charge on any atom is 0.421 e. The molecule has 0 aromatic heterocycles. The molecule has 0 aliphatic carbocycles. The second-order valence-electron chi connectivity index (χ2n) is 2.77. The number of alkyl halides is 3. The Hall–Kier alpha value is -1.07. The van der Waals surface area contributed by atoms with Crippen molar-refractivity contribution in [3.8, 4) is 0 Å². The van der Waals surface area contributed by atoms with Crippen molar-refractivity contribution >= 4 is 16.3 Å². The largest absolute Gasteiger partial charge is 0.452 e. The van der Waals surface area contributed by atoms with Gasteiger partial charge in [-0.3, -0.25) is 0 Å². The molecular formula is C6H11F3N2O5S. The minimum atomic E-state index is -4.79. The predicted molar refractivity (Wildman–Crippen MR) is 49.2 cm³/mol. The first-order chi connectivity index (χ1) is 7.62. The first-order valence-corrected chi connectivity index (χ1v) is 5.60. The van der Waals surface area contributed by atoms with Gasteiger partial charge in [0.15, 0.2) is 0 Å². The Labute approximate surface area is 95.3 Å². The quantitative estimate of drug-likeness (QED) is 0.704. The van der Waals surface area contributed by atoms with Gasteiger partial charge in [0.1, 0.15) is 6.54 Å². The number of aliphatic hydroxyl groups is 1. The number of methoxy groups -OCH3 is 1. The van der Waals surface area contributed by atoms with Crippen LogP contribution in [0, 0.1) is 0 Å². The van der Waals surface area contributed by atoms with E-state index in [1.807, 2.05) is 0 Å². The molecule has 1 amide bonds. The standard InChI is InChI=1S/C6H11F3N2O5S/c1-16-5(13)10-17(14,15)11(2-3-12)4-6(7,8)9/h12H,2-4H2,1H3,(H,10,13). The zero-order chi connectivity index (χ0) is 13.7. The van der Waals surface area contributed by atoms with Crippen LogP contribution in [0.25, 0.3) is 0 Å². The van der Waals surface area contributed by atoms with Crippen molar-refractivity contribution in [3.63, 3.8) is 0 Å². The molecule has 0 radical (unpaired) electrons. The monoisotopic (exact) mass is 280 g/mol. The average molecular weight is 280 g/mol. The highest BCUT2D eigenvalue weighted by Gasteiger charge is 2.36. The van der Waals surface area contributed by atoms with E-state index in [9.17, 15) is 26.4 Å². The molecular weight excluding hydrogens is 269 g/mol. The number of carbonyl (C=O) groups excluding carboxylic acids is 1. The summed E-state index contributed by atoms with van der Waals surface area (Å²) in [5, 5.41) is 8.47. The number of hydrogen-bond acceptors (Lipinski definition) is 5. The molecule has 0 spiro atoms. The fraction of sp³-hybridized carbons (Fsp3) is 0.833. The van der Waals surface area contributed by atoms with E-state index in [1.165, 1.54) is 4.72 Å².